The summed E-state index contributed by atoms with van der Waals surface area (Å²) in [4.78, 5) is 22.8. The number of fused-ring (bicyclic) bond motifs is 1. The van der Waals surface area contributed by atoms with Crippen molar-refractivity contribution >= 4 is 34.5 Å². The van der Waals surface area contributed by atoms with Gasteiger partial charge in [0.25, 0.3) is 0 Å². The van der Waals surface area contributed by atoms with E-state index in [-0.39, 0.29) is 6.04 Å². The van der Waals surface area contributed by atoms with E-state index in [1.54, 1.807) is 30.3 Å². The molecule has 0 radical (unpaired) electrons. The highest BCUT2D eigenvalue weighted by Gasteiger charge is 2.25. The first kappa shape index (κ1) is 27.7. The molecule has 1 aromatic heterocycles. The van der Waals surface area contributed by atoms with Gasteiger partial charge in [-0.05, 0) is 59.2 Å². The van der Waals surface area contributed by atoms with Crippen LogP contribution in [-0.2, 0) is 11.2 Å². The summed E-state index contributed by atoms with van der Waals surface area (Å²) in [5.74, 6) is 0.170. The average molecular weight is 567 g/mol. The number of carbonyl (C=O) groups is 1. The van der Waals surface area contributed by atoms with E-state index in [4.69, 9.17) is 21.1 Å². The average Bonchev–Trinajstić information content (AvgIpc) is 3.29. The molecule has 1 heterocycles. The lowest BCUT2D eigenvalue weighted by atomic mass is 9.98. The maximum absolute atomic E-state index is 11.8. The van der Waals surface area contributed by atoms with Crippen molar-refractivity contribution in [2.45, 2.75) is 12.5 Å². The van der Waals surface area contributed by atoms with Crippen molar-refractivity contribution in [3.63, 3.8) is 0 Å². The number of nitro groups is 1. The molecule has 0 aliphatic carbocycles. The maximum Gasteiger partial charge on any atom is 0.337 e. The molecule has 0 atom stereocenters. The molecular formula is C33H27ClN2O5. The predicted octanol–water partition coefficient (Wildman–Crippen LogP) is 7.59. The fourth-order valence-electron chi connectivity index (χ4n) is 5.06. The van der Waals surface area contributed by atoms with Crippen LogP contribution in [0.2, 0.25) is 5.02 Å². The molecular weight excluding hydrogens is 540 g/mol. The van der Waals surface area contributed by atoms with Crippen molar-refractivity contribution in [3.05, 3.63) is 152 Å². The number of nitrogens with zero attached hydrogens (tertiary/aromatic N) is 2. The first-order valence-electron chi connectivity index (χ1n) is 13.0. The Labute approximate surface area is 242 Å². The van der Waals surface area contributed by atoms with E-state index in [0.717, 1.165) is 33.8 Å². The molecule has 0 amide bonds. The molecule has 0 N–H and O–H groups in total. The zero-order valence-corrected chi connectivity index (χ0v) is 23.0. The second kappa shape index (κ2) is 12.5. The molecule has 206 valence electrons. The second-order valence-electron chi connectivity index (χ2n) is 9.33. The fraction of sp³-hybridized carbons (Fsp3) is 0.121. The van der Waals surface area contributed by atoms with Crippen LogP contribution in [-0.4, -0.2) is 29.2 Å². The third-order valence-corrected chi connectivity index (χ3v) is 7.09. The van der Waals surface area contributed by atoms with E-state index >= 15 is 0 Å². The van der Waals surface area contributed by atoms with E-state index in [2.05, 4.69) is 28.8 Å². The summed E-state index contributed by atoms with van der Waals surface area (Å²) in [6.45, 7) is 0.295. The lowest BCUT2D eigenvalue weighted by molar-refractivity contribution is -0.401. The van der Waals surface area contributed by atoms with Gasteiger partial charge in [-0.25, -0.2) is 4.79 Å². The van der Waals surface area contributed by atoms with Crippen LogP contribution in [0.15, 0.2) is 109 Å². The van der Waals surface area contributed by atoms with Crippen molar-refractivity contribution in [2.24, 2.45) is 0 Å². The Morgan fingerprint density at radius 1 is 0.951 bits per heavy atom. The van der Waals surface area contributed by atoms with E-state index in [1.807, 2.05) is 54.6 Å². The molecule has 0 saturated carbocycles. The third kappa shape index (κ3) is 6.15. The number of esters is 1. The summed E-state index contributed by atoms with van der Waals surface area (Å²) in [6.07, 6.45) is 2.97. The first-order chi connectivity index (χ1) is 20.0. The Morgan fingerprint density at radius 2 is 1.59 bits per heavy atom. The Balaban J connectivity index is 1.62. The smallest absolute Gasteiger partial charge is 0.337 e. The minimum Gasteiger partial charge on any atom is -0.493 e. The standard InChI is InChI=1S/C33H27ClN2O5/c1-40-33(37)25-12-15-27(16-13-25)41-21-19-28-29-22-26(34)14-17-30(29)36(31(28)18-20-35(38)39)32(23-8-4-2-5-9-23)24-10-6-3-7-11-24/h2-18,20,22,32H,19,21H2,1H3/b20-18+. The van der Waals surface area contributed by atoms with Crippen molar-refractivity contribution in [3.8, 4) is 5.75 Å². The fourth-order valence-corrected chi connectivity index (χ4v) is 5.24. The Hall–Kier alpha value is -4.88. The second-order valence-corrected chi connectivity index (χ2v) is 9.77. The van der Waals surface area contributed by atoms with E-state index in [9.17, 15) is 14.9 Å². The first-order valence-corrected chi connectivity index (χ1v) is 13.4. The highest BCUT2D eigenvalue weighted by atomic mass is 35.5. The van der Waals surface area contributed by atoms with Gasteiger partial charge in [0.2, 0.25) is 6.20 Å². The molecule has 41 heavy (non-hydrogen) atoms. The van der Waals surface area contributed by atoms with Gasteiger partial charge in [-0.3, -0.25) is 10.1 Å². The Morgan fingerprint density at radius 3 is 2.17 bits per heavy atom. The number of benzene rings is 4. The summed E-state index contributed by atoms with van der Waals surface area (Å²) in [5.41, 5.74) is 4.97. The van der Waals surface area contributed by atoms with E-state index in [1.165, 1.54) is 7.11 Å². The molecule has 4 aromatic carbocycles. The molecule has 0 aliphatic heterocycles. The predicted molar refractivity (Wildman–Crippen MR) is 160 cm³/mol. The molecule has 0 bridgehead atoms. The van der Waals surface area contributed by atoms with Gasteiger partial charge in [-0.15, -0.1) is 0 Å². The van der Waals surface area contributed by atoms with Gasteiger partial charge >= 0.3 is 5.97 Å². The van der Waals surface area contributed by atoms with E-state index < -0.39 is 10.9 Å². The number of methoxy groups -OCH3 is 1. The molecule has 5 aromatic rings. The number of carbonyl (C=O) groups excluding carboxylic acids is 1. The molecule has 8 heteroatoms. The van der Waals surface area contributed by atoms with Crippen molar-refractivity contribution in [2.75, 3.05) is 13.7 Å². The van der Waals surface area contributed by atoms with Crippen LogP contribution in [0.4, 0.5) is 0 Å². The lowest BCUT2D eigenvalue weighted by Crippen LogP contribution is -2.14. The van der Waals surface area contributed by atoms with Crippen LogP contribution >= 0.6 is 11.6 Å². The number of ether oxygens (including phenoxy) is 2. The summed E-state index contributed by atoms with van der Waals surface area (Å²) in [7, 11) is 1.33. The van der Waals surface area contributed by atoms with Crippen molar-refractivity contribution < 1.29 is 19.2 Å². The normalized spacial score (nSPS) is 11.3. The van der Waals surface area contributed by atoms with Crippen LogP contribution in [0.25, 0.3) is 17.0 Å². The van der Waals surface area contributed by atoms with Crippen LogP contribution < -0.4 is 4.74 Å². The number of rotatable bonds is 10. The third-order valence-electron chi connectivity index (χ3n) is 6.85. The van der Waals surface area contributed by atoms with Gasteiger partial charge in [-0.2, -0.15) is 0 Å². The van der Waals surface area contributed by atoms with E-state index in [0.29, 0.717) is 35.1 Å². The van der Waals surface area contributed by atoms with Crippen LogP contribution in [0.1, 0.15) is 38.8 Å². The van der Waals surface area contributed by atoms with Gasteiger partial charge in [0.05, 0.1) is 35.9 Å². The monoisotopic (exact) mass is 566 g/mol. The summed E-state index contributed by atoms with van der Waals surface area (Å²) < 4.78 is 12.9. The molecule has 0 unspecified atom stereocenters. The van der Waals surface area contributed by atoms with Crippen molar-refractivity contribution in [1.29, 1.82) is 0 Å². The molecule has 0 fully saturated rings. The summed E-state index contributed by atoms with van der Waals surface area (Å²) in [6, 6.07) is 32.2. The zero-order chi connectivity index (χ0) is 28.8. The number of hydrogen-bond donors (Lipinski definition) is 0. The molecule has 0 aliphatic rings. The summed E-state index contributed by atoms with van der Waals surface area (Å²) in [5, 5.41) is 13.0. The maximum atomic E-state index is 11.8. The highest BCUT2D eigenvalue weighted by Crippen LogP contribution is 2.38. The van der Waals surface area contributed by atoms with Crippen LogP contribution in [0.5, 0.6) is 5.75 Å². The van der Waals surface area contributed by atoms with Crippen LogP contribution in [0.3, 0.4) is 0 Å². The number of halogens is 1. The molecule has 0 saturated heterocycles. The minimum atomic E-state index is -0.460. The van der Waals surface area contributed by atoms with Gasteiger partial charge in [0.1, 0.15) is 5.75 Å². The minimum absolute atomic E-state index is 0.256. The number of hydrogen-bond acceptors (Lipinski definition) is 5. The topological polar surface area (TPSA) is 83.6 Å². The molecule has 0 spiro atoms. The van der Waals surface area contributed by atoms with Gasteiger partial charge < -0.3 is 14.0 Å². The quantitative estimate of drug-likeness (QED) is 0.0987. The van der Waals surface area contributed by atoms with Gasteiger partial charge in [0, 0.05) is 28.4 Å². The summed E-state index contributed by atoms with van der Waals surface area (Å²) >= 11 is 6.47. The van der Waals surface area contributed by atoms with Crippen molar-refractivity contribution in [1.82, 2.24) is 4.57 Å². The van der Waals surface area contributed by atoms with Gasteiger partial charge in [-0.1, -0.05) is 72.3 Å². The Kier molecular flexibility index (Phi) is 8.46. The highest BCUT2D eigenvalue weighted by molar-refractivity contribution is 6.31. The Bertz CT molecular complexity index is 1660. The number of aromatic nitrogens is 1. The molecule has 7 nitrogen and oxygen atoms in total. The van der Waals surface area contributed by atoms with Crippen LogP contribution in [0, 0.1) is 10.1 Å². The molecule has 5 rings (SSSR count). The lowest BCUT2D eigenvalue weighted by Gasteiger charge is -2.23. The SMILES string of the molecule is COC(=O)c1ccc(OCCc2c(/C=C/[N+](=O)[O-])n(C(c3ccccc3)c3ccccc3)c3ccc(Cl)cc23)cc1. The zero-order valence-electron chi connectivity index (χ0n) is 22.3. The van der Waals surface area contributed by atoms with Gasteiger partial charge in [0.15, 0.2) is 0 Å². The largest absolute Gasteiger partial charge is 0.493 e.